The lowest BCUT2D eigenvalue weighted by atomic mass is 10.0. The van der Waals surface area contributed by atoms with Crippen LogP contribution in [0.4, 0.5) is 0 Å². The number of aliphatic carboxylic acids is 2. The molecule has 0 heterocycles. The maximum Gasteiger partial charge on any atom is 0.320 e. The number of aliphatic hydroxyl groups is 1. The maximum absolute atomic E-state index is 12.5. The Bertz CT molecular complexity index is 1230. The molecule has 16 heteroatoms. The van der Waals surface area contributed by atoms with Gasteiger partial charge in [0.2, 0.25) is 17.7 Å². The Balaban J connectivity index is 3.64. The number of carbonyl (C=O) groups is 5. The van der Waals surface area contributed by atoms with Crippen molar-refractivity contribution >= 4 is 39.1 Å². The molecule has 0 rings (SSSR count). The predicted octanol–water partition coefficient (Wildman–Crippen LogP) is 8.14. The lowest BCUT2D eigenvalue weighted by Crippen LogP contribution is -2.37. The van der Waals surface area contributed by atoms with E-state index in [1.807, 2.05) is 0 Å². The number of allylic oxidation sites excluding steroid dienone is 1. The largest absolute Gasteiger partial charge is 0.511 e. The summed E-state index contributed by atoms with van der Waals surface area (Å²) in [5.41, 5.74) is 0.965. The highest BCUT2D eigenvalue weighted by Gasteiger charge is 2.17. The number of unbranched alkanes of at least 4 members (excludes halogenated alkanes) is 19. The molecule has 0 bridgehead atoms. The fourth-order valence-electron chi connectivity index (χ4n) is 6.95. The molecule has 15 nitrogen and oxygen atoms in total. The number of carboxylic acids is 2. The summed E-state index contributed by atoms with van der Waals surface area (Å²) in [5, 5.41) is 42.2. The number of carbonyl (C=O) groups excluding carboxylic acids is 3. The van der Waals surface area contributed by atoms with E-state index in [0.717, 1.165) is 102 Å². The quantitative estimate of drug-likeness (QED) is 0.0165. The van der Waals surface area contributed by atoms with E-state index in [4.69, 9.17) is 19.7 Å². The lowest BCUT2D eigenvalue weighted by molar-refractivity contribution is -0.139. The topological polar surface area (TPSA) is 225 Å². The van der Waals surface area contributed by atoms with Gasteiger partial charge < -0.3 is 46.1 Å². The van der Waals surface area contributed by atoms with Crippen LogP contribution in [0.2, 0.25) is 0 Å². The van der Waals surface area contributed by atoms with Gasteiger partial charge in [0.1, 0.15) is 18.4 Å². The summed E-state index contributed by atoms with van der Waals surface area (Å²) >= 11 is 0. The second kappa shape index (κ2) is 44.0. The second-order valence-electron chi connectivity index (χ2n) is 16.7. The van der Waals surface area contributed by atoms with Gasteiger partial charge in [0.05, 0.1) is 12.6 Å². The predicted molar refractivity (Wildman–Crippen MR) is 254 cm³/mol. The summed E-state index contributed by atoms with van der Waals surface area (Å²) in [5.74, 6) is -2.16. The molecule has 0 aliphatic carbocycles. The van der Waals surface area contributed by atoms with Crippen LogP contribution in [-0.4, -0.2) is 103 Å². The molecule has 0 saturated carbocycles. The van der Waals surface area contributed by atoms with Crippen molar-refractivity contribution in [2.24, 2.45) is 0 Å². The summed E-state index contributed by atoms with van der Waals surface area (Å²) < 4.78 is 11.1. The molecular formula is C47H88N5O10P. The van der Waals surface area contributed by atoms with Crippen LogP contribution in [0.1, 0.15) is 186 Å². The first-order valence-corrected chi connectivity index (χ1v) is 24.7. The highest BCUT2D eigenvalue weighted by molar-refractivity contribution is 7.13. The van der Waals surface area contributed by atoms with Crippen LogP contribution in [0.25, 0.3) is 0 Å². The van der Waals surface area contributed by atoms with E-state index in [2.05, 4.69) is 48.9 Å². The number of amides is 3. The minimum absolute atomic E-state index is 0.0144. The van der Waals surface area contributed by atoms with Gasteiger partial charge in [0.15, 0.2) is 0 Å². The Kier molecular flexibility index (Phi) is 41.7. The molecule has 0 aromatic rings. The smallest absolute Gasteiger partial charge is 0.320 e. The van der Waals surface area contributed by atoms with E-state index < -0.39 is 24.0 Å². The molecule has 3 unspecified atom stereocenters. The minimum atomic E-state index is -0.841. The van der Waals surface area contributed by atoms with E-state index in [1.165, 1.54) is 64.2 Å². The zero-order chi connectivity index (χ0) is 46.6. The summed E-state index contributed by atoms with van der Waals surface area (Å²) in [6, 6.07) is -1.19. The third-order valence-electron chi connectivity index (χ3n) is 10.8. The van der Waals surface area contributed by atoms with E-state index in [9.17, 15) is 29.1 Å². The number of rotatable bonds is 48. The molecule has 0 aromatic carbocycles. The van der Waals surface area contributed by atoms with Gasteiger partial charge in [0, 0.05) is 57.8 Å². The van der Waals surface area contributed by atoms with Gasteiger partial charge in [-0.2, -0.15) is 0 Å². The molecule has 366 valence electrons. The van der Waals surface area contributed by atoms with Gasteiger partial charge in [-0.25, -0.2) is 0 Å². The Labute approximate surface area is 382 Å². The zero-order valence-electron chi connectivity index (χ0n) is 38.8. The third-order valence-corrected chi connectivity index (χ3v) is 11.2. The Morgan fingerprint density at radius 3 is 1.52 bits per heavy atom. The third kappa shape index (κ3) is 42.5. The van der Waals surface area contributed by atoms with Crippen LogP contribution in [0.3, 0.4) is 0 Å². The Morgan fingerprint density at radius 2 is 0.952 bits per heavy atom. The van der Waals surface area contributed by atoms with Crippen molar-refractivity contribution in [3.8, 4) is 0 Å². The van der Waals surface area contributed by atoms with Crippen LogP contribution >= 0.6 is 9.39 Å². The van der Waals surface area contributed by atoms with Crippen LogP contribution < -0.4 is 26.4 Å². The molecule has 0 aromatic heterocycles. The second-order valence-corrected chi connectivity index (χ2v) is 17.0. The van der Waals surface area contributed by atoms with Crippen molar-refractivity contribution in [2.45, 2.75) is 198 Å². The number of aliphatic hydroxyl groups excluding tert-OH is 1. The number of hydrogen-bond acceptors (Lipinski definition) is 10. The SMILES string of the molecule is C=C(CCCCOCCNC(=O)COCCCCCNC(=O)CCC(NC(=O)CCCCCCCCCCCCCCCCCCC(=O)O)C(=C)O)NCCCCC(NP)C(=O)O. The van der Waals surface area contributed by atoms with Crippen molar-refractivity contribution < 1.29 is 48.8 Å². The lowest BCUT2D eigenvalue weighted by Gasteiger charge is -2.17. The number of carboxylic acid groups (broad SMARTS) is 2. The van der Waals surface area contributed by atoms with Crippen LogP contribution in [-0.2, 0) is 33.4 Å². The van der Waals surface area contributed by atoms with Gasteiger partial charge >= 0.3 is 11.9 Å². The average Bonchev–Trinajstić information content (AvgIpc) is 3.24. The first-order chi connectivity index (χ1) is 30.5. The van der Waals surface area contributed by atoms with Gasteiger partial charge in [0.25, 0.3) is 0 Å². The first-order valence-electron chi connectivity index (χ1n) is 24.1. The Hall–Kier alpha value is -3.26. The molecule has 3 atom stereocenters. The van der Waals surface area contributed by atoms with Crippen LogP contribution in [0.5, 0.6) is 0 Å². The first kappa shape index (κ1) is 59.7. The standard InChI is InChI=1S/C47H88N5O10P/c1-39(48-32-23-20-27-42(52-63)47(59)60)26-21-25-35-61-37-34-50-45(56)38-62-36-24-17-22-33-49-43(54)31-30-41(40(2)53)51-44(55)28-18-15-13-11-9-7-5-3-4-6-8-10-12-14-16-19-29-46(57)58/h41-42,48,52-53H,1-38,63H2,(H,49,54)(H,50,56)(H,51,55)(H,57,58)(H,59,60). The molecule has 0 fully saturated rings. The zero-order valence-corrected chi connectivity index (χ0v) is 40.0. The van der Waals surface area contributed by atoms with E-state index in [-0.39, 0.29) is 42.9 Å². The molecular weight excluding hydrogens is 826 g/mol. The van der Waals surface area contributed by atoms with Crippen molar-refractivity contribution in [1.29, 1.82) is 0 Å². The number of nitrogens with one attached hydrogen (secondary N) is 5. The van der Waals surface area contributed by atoms with Crippen LogP contribution in [0, 0.1) is 0 Å². The molecule has 0 aliphatic rings. The average molecular weight is 914 g/mol. The number of ether oxygens (including phenoxy) is 2. The van der Waals surface area contributed by atoms with E-state index >= 15 is 0 Å². The Morgan fingerprint density at radius 1 is 0.460 bits per heavy atom. The molecule has 63 heavy (non-hydrogen) atoms. The fraction of sp³-hybridized carbons (Fsp3) is 0.809. The van der Waals surface area contributed by atoms with Gasteiger partial charge in [-0.3, -0.25) is 29.1 Å². The molecule has 0 radical (unpaired) electrons. The van der Waals surface area contributed by atoms with Gasteiger partial charge in [-0.05, 0) is 77.0 Å². The normalized spacial score (nSPS) is 12.0. The highest BCUT2D eigenvalue weighted by atomic mass is 31.0. The van der Waals surface area contributed by atoms with Crippen molar-refractivity contribution in [3.05, 3.63) is 24.6 Å². The minimum Gasteiger partial charge on any atom is -0.511 e. The van der Waals surface area contributed by atoms with E-state index in [1.54, 1.807) is 0 Å². The van der Waals surface area contributed by atoms with Crippen molar-refractivity contribution in [1.82, 2.24) is 26.4 Å². The molecule has 8 N–H and O–H groups in total. The summed E-state index contributed by atoms with van der Waals surface area (Å²) in [6.45, 7) is 10.8. The van der Waals surface area contributed by atoms with Crippen molar-refractivity contribution in [2.75, 3.05) is 46.1 Å². The van der Waals surface area contributed by atoms with Crippen LogP contribution in [0.15, 0.2) is 24.6 Å². The van der Waals surface area contributed by atoms with Crippen molar-refractivity contribution in [3.63, 3.8) is 0 Å². The summed E-state index contributed by atoms with van der Waals surface area (Å²) in [4.78, 5) is 58.4. The molecule has 0 spiro atoms. The molecule has 0 aliphatic heterocycles. The summed E-state index contributed by atoms with van der Waals surface area (Å²) in [6.07, 6.45) is 26.9. The number of hydrogen-bond donors (Lipinski definition) is 8. The fourth-order valence-corrected chi connectivity index (χ4v) is 7.26. The molecule has 0 saturated heterocycles. The highest BCUT2D eigenvalue weighted by Crippen LogP contribution is 2.15. The molecule has 3 amide bonds. The monoisotopic (exact) mass is 914 g/mol. The van der Waals surface area contributed by atoms with Gasteiger partial charge in [-0.15, -0.1) is 0 Å². The van der Waals surface area contributed by atoms with Gasteiger partial charge in [-0.1, -0.05) is 112 Å². The summed E-state index contributed by atoms with van der Waals surface area (Å²) in [7, 11) is 2.26. The maximum atomic E-state index is 12.5. The van der Waals surface area contributed by atoms with E-state index in [0.29, 0.717) is 52.2 Å².